The van der Waals surface area contributed by atoms with Crippen molar-refractivity contribution in [2.24, 2.45) is 0 Å². The van der Waals surface area contributed by atoms with Crippen LogP contribution in [-0.2, 0) is 4.79 Å². The van der Waals surface area contributed by atoms with Gasteiger partial charge in [0.25, 0.3) is 0 Å². The van der Waals surface area contributed by atoms with Crippen LogP contribution in [0.15, 0.2) is 18.2 Å². The Morgan fingerprint density at radius 1 is 1.50 bits per heavy atom. The highest BCUT2D eigenvalue weighted by molar-refractivity contribution is 14.1. The zero-order valence-corrected chi connectivity index (χ0v) is 9.69. The van der Waals surface area contributed by atoms with Crippen LogP contribution in [0.5, 0.6) is 11.5 Å². The van der Waals surface area contributed by atoms with Crippen LogP contribution in [0.4, 0.5) is 0 Å². The zero-order chi connectivity index (χ0) is 10.6. The van der Waals surface area contributed by atoms with Gasteiger partial charge in [-0.25, -0.2) is 0 Å². The van der Waals surface area contributed by atoms with Crippen molar-refractivity contribution in [1.82, 2.24) is 0 Å². The molecule has 0 spiro atoms. The summed E-state index contributed by atoms with van der Waals surface area (Å²) in [7, 11) is 1.48. The van der Waals surface area contributed by atoms with Gasteiger partial charge < -0.3 is 9.84 Å². The molecule has 1 aromatic carbocycles. The number of methoxy groups -OCH3 is 1. The fraction of sp³-hybridized carbons (Fsp3) is 0.100. The molecule has 4 heteroatoms. The number of phenols is 1. The summed E-state index contributed by atoms with van der Waals surface area (Å²) in [6, 6.07) is 3.48. The molecule has 3 nitrogen and oxygen atoms in total. The fourth-order valence-corrected chi connectivity index (χ4v) is 1.64. The van der Waals surface area contributed by atoms with Crippen LogP contribution in [0.1, 0.15) is 5.56 Å². The van der Waals surface area contributed by atoms with Gasteiger partial charge in [0.15, 0.2) is 11.5 Å². The molecule has 0 saturated carbocycles. The van der Waals surface area contributed by atoms with E-state index in [1.807, 2.05) is 0 Å². The maximum atomic E-state index is 10.1. The van der Waals surface area contributed by atoms with E-state index >= 15 is 0 Å². The van der Waals surface area contributed by atoms with Gasteiger partial charge in [-0.05, 0) is 46.9 Å². The SMILES string of the molecule is COc1cc(I)cc(/C=C/C=O)c1O. The Morgan fingerprint density at radius 3 is 2.79 bits per heavy atom. The Kier molecular flexibility index (Phi) is 3.94. The number of rotatable bonds is 3. The van der Waals surface area contributed by atoms with Crippen LogP contribution >= 0.6 is 22.6 Å². The predicted octanol–water partition coefficient (Wildman–Crippen LogP) is 2.22. The lowest BCUT2D eigenvalue weighted by Crippen LogP contribution is -1.87. The van der Waals surface area contributed by atoms with Crippen molar-refractivity contribution >= 4 is 35.0 Å². The van der Waals surface area contributed by atoms with Crippen molar-refractivity contribution in [3.63, 3.8) is 0 Å². The molecule has 0 saturated heterocycles. The van der Waals surface area contributed by atoms with E-state index in [0.29, 0.717) is 17.6 Å². The second kappa shape index (κ2) is 4.99. The Labute approximate surface area is 95.5 Å². The fourth-order valence-electron chi connectivity index (χ4n) is 1.02. The first-order valence-corrected chi connectivity index (χ1v) is 4.95. The van der Waals surface area contributed by atoms with Gasteiger partial charge in [0, 0.05) is 9.13 Å². The summed E-state index contributed by atoms with van der Waals surface area (Å²) < 4.78 is 5.90. The van der Waals surface area contributed by atoms with E-state index in [2.05, 4.69) is 22.6 Å². The minimum Gasteiger partial charge on any atom is -0.504 e. The number of benzene rings is 1. The van der Waals surface area contributed by atoms with Crippen molar-refractivity contribution in [2.75, 3.05) is 7.11 Å². The molecule has 0 radical (unpaired) electrons. The topological polar surface area (TPSA) is 46.5 Å². The number of aldehydes is 1. The number of carbonyl (C=O) groups is 1. The number of halogens is 1. The second-order valence-electron chi connectivity index (χ2n) is 2.54. The summed E-state index contributed by atoms with van der Waals surface area (Å²) in [6.45, 7) is 0. The third-order valence-corrected chi connectivity index (χ3v) is 2.27. The average Bonchev–Trinajstić information content (AvgIpc) is 2.18. The molecular weight excluding hydrogens is 295 g/mol. The second-order valence-corrected chi connectivity index (χ2v) is 3.79. The summed E-state index contributed by atoms with van der Waals surface area (Å²) in [5, 5.41) is 9.64. The van der Waals surface area contributed by atoms with Gasteiger partial charge in [0.2, 0.25) is 0 Å². The number of allylic oxidation sites excluding steroid dienone is 1. The number of hydrogen-bond donors (Lipinski definition) is 1. The van der Waals surface area contributed by atoms with E-state index in [1.165, 1.54) is 19.3 Å². The maximum Gasteiger partial charge on any atom is 0.165 e. The smallest absolute Gasteiger partial charge is 0.165 e. The predicted molar refractivity (Wildman–Crippen MR) is 62.5 cm³/mol. The average molecular weight is 304 g/mol. The van der Waals surface area contributed by atoms with Gasteiger partial charge in [-0.15, -0.1) is 0 Å². The van der Waals surface area contributed by atoms with E-state index in [9.17, 15) is 9.90 Å². The standard InChI is InChI=1S/C10H9IO3/c1-14-9-6-8(11)5-7(10(9)13)3-2-4-12/h2-6,13H,1H3/b3-2+. The van der Waals surface area contributed by atoms with Crippen molar-refractivity contribution in [3.05, 3.63) is 27.3 Å². The number of hydrogen-bond acceptors (Lipinski definition) is 3. The van der Waals surface area contributed by atoms with Crippen molar-refractivity contribution in [3.8, 4) is 11.5 Å². The van der Waals surface area contributed by atoms with Crippen LogP contribution in [0, 0.1) is 3.57 Å². The van der Waals surface area contributed by atoms with Crippen LogP contribution < -0.4 is 4.74 Å². The quantitative estimate of drug-likeness (QED) is 0.529. The number of ether oxygens (including phenoxy) is 1. The molecule has 0 aliphatic rings. The third kappa shape index (κ3) is 2.47. The van der Waals surface area contributed by atoms with Crippen LogP contribution in [0.3, 0.4) is 0 Å². The molecule has 0 heterocycles. The minimum atomic E-state index is 0.0472. The van der Waals surface area contributed by atoms with Crippen LogP contribution in [-0.4, -0.2) is 18.5 Å². The Bertz CT molecular complexity index is 372. The lowest BCUT2D eigenvalue weighted by atomic mass is 10.2. The molecule has 0 amide bonds. The molecule has 1 rings (SSSR count). The lowest BCUT2D eigenvalue weighted by Gasteiger charge is -2.06. The molecule has 0 aliphatic heterocycles. The van der Waals surface area contributed by atoms with Crippen molar-refractivity contribution in [1.29, 1.82) is 0 Å². The molecule has 0 atom stereocenters. The Balaban J connectivity index is 3.21. The molecule has 0 unspecified atom stereocenters. The third-order valence-electron chi connectivity index (χ3n) is 1.64. The summed E-state index contributed by atoms with van der Waals surface area (Å²) in [5.41, 5.74) is 0.570. The number of aromatic hydroxyl groups is 1. The van der Waals surface area contributed by atoms with Crippen molar-refractivity contribution < 1.29 is 14.6 Å². The molecule has 0 bridgehead atoms. The first-order chi connectivity index (χ1) is 6.69. The van der Waals surface area contributed by atoms with Gasteiger partial charge in [-0.2, -0.15) is 0 Å². The molecule has 0 fully saturated rings. The normalized spacial score (nSPS) is 10.4. The molecule has 1 aromatic rings. The summed E-state index contributed by atoms with van der Waals surface area (Å²) in [6.07, 6.45) is 3.52. The van der Waals surface area contributed by atoms with Gasteiger partial charge in [0.1, 0.15) is 6.29 Å². The first kappa shape index (κ1) is 11.0. The van der Waals surface area contributed by atoms with Gasteiger partial charge >= 0.3 is 0 Å². The summed E-state index contributed by atoms with van der Waals surface area (Å²) in [4.78, 5) is 10.1. The van der Waals surface area contributed by atoms with Crippen LogP contribution in [0.2, 0.25) is 0 Å². The number of phenolic OH excluding ortho intramolecular Hbond substituents is 1. The molecular formula is C10H9IO3. The van der Waals surface area contributed by atoms with E-state index < -0.39 is 0 Å². The Morgan fingerprint density at radius 2 is 2.21 bits per heavy atom. The summed E-state index contributed by atoms with van der Waals surface area (Å²) in [5.74, 6) is 0.452. The Hall–Kier alpha value is -1.04. The highest BCUT2D eigenvalue weighted by Crippen LogP contribution is 2.32. The molecule has 14 heavy (non-hydrogen) atoms. The molecule has 74 valence electrons. The van der Waals surface area contributed by atoms with Crippen LogP contribution in [0.25, 0.3) is 6.08 Å². The van der Waals surface area contributed by atoms with E-state index in [-0.39, 0.29) is 5.75 Å². The highest BCUT2D eigenvalue weighted by Gasteiger charge is 2.06. The molecule has 0 aliphatic carbocycles. The summed E-state index contributed by atoms with van der Waals surface area (Å²) >= 11 is 2.11. The van der Waals surface area contributed by atoms with Crippen molar-refractivity contribution in [2.45, 2.75) is 0 Å². The largest absolute Gasteiger partial charge is 0.504 e. The first-order valence-electron chi connectivity index (χ1n) is 3.87. The van der Waals surface area contributed by atoms with E-state index in [4.69, 9.17) is 4.74 Å². The molecule has 0 aromatic heterocycles. The van der Waals surface area contributed by atoms with Gasteiger partial charge in [0.05, 0.1) is 7.11 Å². The van der Waals surface area contributed by atoms with E-state index in [1.54, 1.807) is 12.1 Å². The zero-order valence-electron chi connectivity index (χ0n) is 7.53. The molecule has 1 N–H and O–H groups in total. The lowest BCUT2D eigenvalue weighted by molar-refractivity contribution is -0.104. The van der Waals surface area contributed by atoms with Gasteiger partial charge in [-0.3, -0.25) is 4.79 Å². The minimum absolute atomic E-state index is 0.0472. The van der Waals surface area contributed by atoms with E-state index in [0.717, 1.165) is 3.57 Å². The number of carbonyl (C=O) groups excluding carboxylic acids is 1. The maximum absolute atomic E-state index is 10.1. The monoisotopic (exact) mass is 304 g/mol. The van der Waals surface area contributed by atoms with Gasteiger partial charge in [-0.1, -0.05) is 0 Å². The highest BCUT2D eigenvalue weighted by atomic mass is 127.